The zero-order valence-corrected chi connectivity index (χ0v) is 11.3. The highest BCUT2D eigenvalue weighted by molar-refractivity contribution is 5.87. The Bertz CT molecular complexity index is 836. The van der Waals surface area contributed by atoms with E-state index in [0.29, 0.717) is 5.56 Å². The molecule has 2 aromatic carbocycles. The average molecular weight is 263 g/mol. The number of aryl methyl sites for hydroxylation is 1. The van der Waals surface area contributed by atoms with E-state index in [4.69, 9.17) is 9.68 Å². The highest BCUT2D eigenvalue weighted by Crippen LogP contribution is 2.34. The number of phenolic OH excluding ortho intramolecular Hbond substituents is 1. The lowest BCUT2D eigenvalue weighted by Gasteiger charge is -2.02. The van der Waals surface area contributed by atoms with E-state index < -0.39 is 0 Å². The Balaban J connectivity index is 2.18. The van der Waals surface area contributed by atoms with E-state index in [1.54, 1.807) is 18.2 Å². The third-order valence-electron chi connectivity index (χ3n) is 3.64. The minimum Gasteiger partial charge on any atom is -0.508 e. The average Bonchev–Trinajstić information content (AvgIpc) is 2.89. The van der Waals surface area contributed by atoms with Gasteiger partial charge in [0.2, 0.25) is 0 Å². The number of furan rings is 1. The topological polar surface area (TPSA) is 57.2 Å². The molecule has 0 amide bonds. The summed E-state index contributed by atoms with van der Waals surface area (Å²) in [5.41, 5.74) is 4.10. The number of nitriles is 1. The number of aromatic hydroxyl groups is 1. The summed E-state index contributed by atoms with van der Waals surface area (Å²) in [6, 6.07) is 13.0. The Kier molecular flexibility index (Phi) is 2.73. The van der Waals surface area contributed by atoms with Gasteiger partial charge in [-0.3, -0.25) is 0 Å². The lowest BCUT2D eigenvalue weighted by atomic mass is 10.1. The molecule has 0 spiro atoms. The molecule has 0 bridgehead atoms. The van der Waals surface area contributed by atoms with Gasteiger partial charge in [0.15, 0.2) is 0 Å². The summed E-state index contributed by atoms with van der Waals surface area (Å²) in [5, 5.41) is 19.6. The standard InChI is InChI=1S/C17H13NO2/c1-10-11(2)17-14(7-15(10)19)8-16(20-17)13-5-3-12(9-18)4-6-13/h3-8,19H,1-2H3. The van der Waals surface area contributed by atoms with Crippen molar-refractivity contribution < 1.29 is 9.52 Å². The third kappa shape index (κ3) is 1.83. The van der Waals surface area contributed by atoms with Crippen LogP contribution in [0.5, 0.6) is 5.75 Å². The molecule has 0 unspecified atom stereocenters. The Labute approximate surface area is 116 Å². The molecule has 3 heteroatoms. The summed E-state index contributed by atoms with van der Waals surface area (Å²) in [6.07, 6.45) is 0. The maximum absolute atomic E-state index is 9.87. The smallest absolute Gasteiger partial charge is 0.138 e. The molecule has 3 nitrogen and oxygen atoms in total. The summed E-state index contributed by atoms with van der Waals surface area (Å²) in [6.45, 7) is 3.80. The second-order valence-corrected chi connectivity index (χ2v) is 4.86. The van der Waals surface area contributed by atoms with Gasteiger partial charge >= 0.3 is 0 Å². The molecule has 3 rings (SSSR count). The Morgan fingerprint density at radius 2 is 1.75 bits per heavy atom. The molecule has 1 heterocycles. The van der Waals surface area contributed by atoms with Crippen molar-refractivity contribution in [1.29, 1.82) is 5.26 Å². The van der Waals surface area contributed by atoms with Crippen molar-refractivity contribution in [3.05, 3.63) is 53.1 Å². The maximum Gasteiger partial charge on any atom is 0.138 e. The monoisotopic (exact) mass is 263 g/mol. The Morgan fingerprint density at radius 3 is 2.40 bits per heavy atom. The minimum absolute atomic E-state index is 0.280. The van der Waals surface area contributed by atoms with E-state index >= 15 is 0 Å². The van der Waals surface area contributed by atoms with Crippen molar-refractivity contribution in [2.45, 2.75) is 13.8 Å². The first-order chi connectivity index (χ1) is 9.60. The zero-order chi connectivity index (χ0) is 14.3. The molecule has 20 heavy (non-hydrogen) atoms. The molecule has 1 aromatic heterocycles. The minimum atomic E-state index is 0.280. The van der Waals surface area contributed by atoms with Gasteiger partial charge in [0.1, 0.15) is 17.1 Å². The molecular formula is C17H13NO2. The SMILES string of the molecule is Cc1c(O)cc2cc(-c3ccc(C#N)cc3)oc2c1C. The first-order valence-corrected chi connectivity index (χ1v) is 6.33. The largest absolute Gasteiger partial charge is 0.508 e. The third-order valence-corrected chi connectivity index (χ3v) is 3.64. The van der Waals surface area contributed by atoms with Crippen LogP contribution >= 0.6 is 0 Å². The molecule has 0 radical (unpaired) electrons. The van der Waals surface area contributed by atoms with Crippen molar-refractivity contribution in [1.82, 2.24) is 0 Å². The van der Waals surface area contributed by atoms with E-state index in [-0.39, 0.29) is 5.75 Å². The van der Waals surface area contributed by atoms with Crippen molar-refractivity contribution >= 4 is 11.0 Å². The molecule has 0 aliphatic rings. The normalized spacial score (nSPS) is 10.7. The first kappa shape index (κ1) is 12.3. The summed E-state index contributed by atoms with van der Waals surface area (Å²) < 4.78 is 5.90. The van der Waals surface area contributed by atoms with Gasteiger partial charge in [-0.25, -0.2) is 0 Å². The van der Waals surface area contributed by atoms with E-state index in [1.807, 2.05) is 32.0 Å². The molecule has 0 aliphatic carbocycles. The summed E-state index contributed by atoms with van der Waals surface area (Å²) in [4.78, 5) is 0. The van der Waals surface area contributed by atoms with Crippen LogP contribution in [0.3, 0.4) is 0 Å². The number of rotatable bonds is 1. The molecule has 1 N–H and O–H groups in total. The number of hydrogen-bond acceptors (Lipinski definition) is 3. The van der Waals surface area contributed by atoms with Gasteiger partial charge in [-0.05, 0) is 61.4 Å². The van der Waals surface area contributed by atoms with E-state index in [1.165, 1.54) is 0 Å². The Morgan fingerprint density at radius 1 is 1.05 bits per heavy atom. The molecule has 3 aromatic rings. The summed E-state index contributed by atoms with van der Waals surface area (Å²) in [5.74, 6) is 1.01. The molecule has 0 atom stereocenters. The Hall–Kier alpha value is -2.73. The van der Waals surface area contributed by atoms with E-state index in [2.05, 4.69) is 6.07 Å². The van der Waals surface area contributed by atoms with Crippen LogP contribution < -0.4 is 0 Å². The lowest BCUT2D eigenvalue weighted by Crippen LogP contribution is -1.81. The lowest BCUT2D eigenvalue weighted by molar-refractivity contribution is 0.471. The van der Waals surface area contributed by atoms with Gasteiger partial charge in [0, 0.05) is 10.9 Å². The maximum atomic E-state index is 9.87. The number of phenols is 1. The fraction of sp³-hybridized carbons (Fsp3) is 0.118. The van der Waals surface area contributed by atoms with Gasteiger partial charge in [0.05, 0.1) is 11.6 Å². The second-order valence-electron chi connectivity index (χ2n) is 4.86. The van der Waals surface area contributed by atoms with E-state index in [9.17, 15) is 5.11 Å². The summed E-state index contributed by atoms with van der Waals surface area (Å²) >= 11 is 0. The predicted octanol–water partition coefficient (Wildman–Crippen LogP) is 4.29. The van der Waals surface area contributed by atoms with Crippen LogP contribution in [0.4, 0.5) is 0 Å². The molecular weight excluding hydrogens is 250 g/mol. The molecule has 98 valence electrons. The highest BCUT2D eigenvalue weighted by Gasteiger charge is 2.12. The van der Waals surface area contributed by atoms with Crippen LogP contribution in [0.15, 0.2) is 40.8 Å². The molecule has 0 fully saturated rings. The van der Waals surface area contributed by atoms with E-state index in [0.717, 1.165) is 33.4 Å². The molecule has 0 aliphatic heterocycles. The number of fused-ring (bicyclic) bond motifs is 1. The summed E-state index contributed by atoms with van der Waals surface area (Å²) in [7, 11) is 0. The van der Waals surface area contributed by atoms with Crippen LogP contribution in [-0.2, 0) is 0 Å². The van der Waals surface area contributed by atoms with Gasteiger partial charge in [-0.15, -0.1) is 0 Å². The van der Waals surface area contributed by atoms with Crippen LogP contribution in [0.2, 0.25) is 0 Å². The molecule has 0 saturated carbocycles. The van der Waals surface area contributed by atoms with Gasteiger partial charge in [-0.1, -0.05) is 0 Å². The van der Waals surface area contributed by atoms with Gasteiger partial charge in [-0.2, -0.15) is 5.26 Å². The number of hydrogen-bond donors (Lipinski definition) is 1. The van der Waals surface area contributed by atoms with Crippen LogP contribution in [-0.4, -0.2) is 5.11 Å². The zero-order valence-electron chi connectivity index (χ0n) is 11.3. The fourth-order valence-electron chi connectivity index (χ4n) is 2.27. The van der Waals surface area contributed by atoms with Crippen molar-refractivity contribution in [2.24, 2.45) is 0 Å². The van der Waals surface area contributed by atoms with Crippen LogP contribution in [0, 0.1) is 25.2 Å². The number of nitrogens with zero attached hydrogens (tertiary/aromatic N) is 1. The van der Waals surface area contributed by atoms with Gasteiger partial charge < -0.3 is 9.52 Å². The highest BCUT2D eigenvalue weighted by atomic mass is 16.3. The van der Waals surface area contributed by atoms with Crippen molar-refractivity contribution in [2.75, 3.05) is 0 Å². The van der Waals surface area contributed by atoms with Gasteiger partial charge in [0.25, 0.3) is 0 Å². The van der Waals surface area contributed by atoms with Crippen LogP contribution in [0.25, 0.3) is 22.3 Å². The predicted molar refractivity (Wildman–Crippen MR) is 77.5 cm³/mol. The first-order valence-electron chi connectivity index (χ1n) is 6.33. The van der Waals surface area contributed by atoms with Crippen molar-refractivity contribution in [3.63, 3.8) is 0 Å². The quantitative estimate of drug-likeness (QED) is 0.712. The molecule has 0 saturated heterocycles. The second kappa shape index (κ2) is 4.43. The number of benzene rings is 2. The van der Waals surface area contributed by atoms with Crippen LogP contribution in [0.1, 0.15) is 16.7 Å². The fourth-order valence-corrected chi connectivity index (χ4v) is 2.27. The van der Waals surface area contributed by atoms with Crippen molar-refractivity contribution in [3.8, 4) is 23.1 Å².